The summed E-state index contributed by atoms with van der Waals surface area (Å²) in [4.78, 5) is 2.03. The van der Waals surface area contributed by atoms with Gasteiger partial charge in [0.15, 0.2) is 6.54 Å². The van der Waals surface area contributed by atoms with E-state index in [9.17, 15) is 9.50 Å². The molecule has 0 spiro atoms. The Morgan fingerprint density at radius 3 is 2.52 bits per heavy atom. The zero-order valence-corrected chi connectivity index (χ0v) is 15.7. The van der Waals surface area contributed by atoms with Crippen LogP contribution in [0.15, 0.2) is 48.5 Å². The first-order chi connectivity index (χ1) is 13.1. The standard InChI is InChI=1S/C22H26FN2O2/c1-2-27-20-13-11-19(12-14-20)25-21-6-4-3-5-15-24(21)16-22(25,26)17-7-9-18(23)10-8-17/h7-14,26H,2-6,15-16H2,1H3/q+1/t22-/m1/s1. The normalized spacial score (nSPS) is 22.6. The van der Waals surface area contributed by atoms with Gasteiger partial charge in [0.1, 0.15) is 17.3 Å². The Labute approximate surface area is 159 Å². The Morgan fingerprint density at radius 1 is 1.07 bits per heavy atom. The van der Waals surface area contributed by atoms with Crippen molar-refractivity contribution >= 4 is 11.5 Å². The van der Waals surface area contributed by atoms with Crippen LogP contribution in [0.25, 0.3) is 0 Å². The highest BCUT2D eigenvalue weighted by Crippen LogP contribution is 2.38. The number of nitrogens with zero attached hydrogens (tertiary/aromatic N) is 2. The number of ether oxygens (including phenoxy) is 1. The molecule has 4 rings (SSSR count). The lowest BCUT2D eigenvalue weighted by molar-refractivity contribution is -0.534. The number of rotatable bonds is 4. The predicted molar refractivity (Wildman–Crippen MR) is 104 cm³/mol. The number of hydrogen-bond acceptors (Lipinski definition) is 3. The van der Waals surface area contributed by atoms with E-state index >= 15 is 0 Å². The van der Waals surface area contributed by atoms with E-state index < -0.39 is 5.72 Å². The molecule has 0 saturated heterocycles. The number of anilines is 1. The summed E-state index contributed by atoms with van der Waals surface area (Å²) in [6.07, 6.45) is 4.36. The molecule has 0 aliphatic carbocycles. The third kappa shape index (κ3) is 3.32. The van der Waals surface area contributed by atoms with E-state index in [2.05, 4.69) is 4.58 Å². The summed E-state index contributed by atoms with van der Waals surface area (Å²) in [5, 5.41) is 11.8. The van der Waals surface area contributed by atoms with Gasteiger partial charge in [-0.05, 0) is 74.7 Å². The number of halogens is 1. The Morgan fingerprint density at radius 2 is 1.81 bits per heavy atom. The van der Waals surface area contributed by atoms with Gasteiger partial charge in [0.25, 0.3) is 11.6 Å². The lowest BCUT2D eigenvalue weighted by Gasteiger charge is -2.29. The molecule has 5 heteroatoms. The Bertz CT molecular complexity index is 832. The summed E-state index contributed by atoms with van der Waals surface area (Å²) in [5.41, 5.74) is 0.413. The molecule has 0 radical (unpaired) electrons. The number of amidine groups is 1. The molecule has 0 amide bonds. The summed E-state index contributed by atoms with van der Waals surface area (Å²) in [5.74, 6) is 1.66. The highest BCUT2D eigenvalue weighted by Gasteiger charge is 2.54. The largest absolute Gasteiger partial charge is 0.494 e. The van der Waals surface area contributed by atoms with Gasteiger partial charge in [-0.2, -0.15) is 4.90 Å². The molecule has 142 valence electrons. The molecule has 0 fully saturated rings. The first-order valence-electron chi connectivity index (χ1n) is 9.74. The van der Waals surface area contributed by atoms with Crippen molar-refractivity contribution in [1.29, 1.82) is 0 Å². The molecular weight excluding hydrogens is 343 g/mol. The quantitative estimate of drug-likeness (QED) is 0.831. The molecule has 27 heavy (non-hydrogen) atoms. The molecule has 0 bridgehead atoms. The van der Waals surface area contributed by atoms with Crippen molar-refractivity contribution in [3.63, 3.8) is 0 Å². The molecule has 1 atom stereocenters. The number of hydrogen-bond donors (Lipinski definition) is 1. The summed E-state index contributed by atoms with van der Waals surface area (Å²) in [6.45, 7) is 4.00. The minimum atomic E-state index is -1.21. The van der Waals surface area contributed by atoms with Gasteiger partial charge in [0.05, 0.1) is 13.2 Å². The van der Waals surface area contributed by atoms with Crippen LogP contribution in [0.4, 0.5) is 10.1 Å². The van der Waals surface area contributed by atoms with Gasteiger partial charge in [-0.25, -0.2) is 4.39 Å². The van der Waals surface area contributed by atoms with Crippen molar-refractivity contribution in [2.75, 3.05) is 24.6 Å². The monoisotopic (exact) mass is 369 g/mol. The molecule has 0 saturated carbocycles. The molecule has 0 unspecified atom stereocenters. The molecule has 2 aromatic rings. The molecule has 2 heterocycles. The van der Waals surface area contributed by atoms with Gasteiger partial charge in [-0.15, -0.1) is 0 Å². The van der Waals surface area contributed by atoms with Crippen molar-refractivity contribution in [2.45, 2.75) is 38.3 Å². The lowest BCUT2D eigenvalue weighted by Crippen LogP contribution is -2.47. The topological polar surface area (TPSA) is 35.7 Å². The van der Waals surface area contributed by atoms with Gasteiger partial charge in [0, 0.05) is 12.0 Å². The van der Waals surface area contributed by atoms with E-state index in [0.717, 1.165) is 43.1 Å². The second-order valence-corrected chi connectivity index (χ2v) is 7.23. The van der Waals surface area contributed by atoms with E-state index in [1.807, 2.05) is 36.1 Å². The van der Waals surface area contributed by atoms with Crippen LogP contribution in [0.1, 0.15) is 38.2 Å². The van der Waals surface area contributed by atoms with E-state index in [4.69, 9.17) is 4.74 Å². The second kappa shape index (κ2) is 7.31. The maximum atomic E-state index is 13.5. The van der Waals surface area contributed by atoms with Crippen molar-refractivity contribution in [2.24, 2.45) is 0 Å². The molecule has 2 aromatic carbocycles. The maximum Gasteiger partial charge on any atom is 0.275 e. The van der Waals surface area contributed by atoms with Gasteiger partial charge < -0.3 is 9.84 Å². The van der Waals surface area contributed by atoms with Crippen molar-refractivity contribution in [1.82, 2.24) is 0 Å². The van der Waals surface area contributed by atoms with E-state index in [-0.39, 0.29) is 5.82 Å². The predicted octanol–water partition coefficient (Wildman–Crippen LogP) is 3.87. The fourth-order valence-corrected chi connectivity index (χ4v) is 4.18. The lowest BCUT2D eigenvalue weighted by atomic mass is 10.00. The summed E-state index contributed by atoms with van der Waals surface area (Å²) < 4.78 is 21.3. The van der Waals surface area contributed by atoms with E-state index in [1.54, 1.807) is 12.1 Å². The average Bonchev–Trinajstić information content (AvgIpc) is 2.80. The van der Waals surface area contributed by atoms with Crippen LogP contribution in [0.3, 0.4) is 0 Å². The fraction of sp³-hybridized carbons (Fsp3) is 0.409. The highest BCUT2D eigenvalue weighted by atomic mass is 19.1. The molecule has 1 N–H and O–H groups in total. The summed E-state index contributed by atoms with van der Waals surface area (Å²) in [7, 11) is 0. The number of aliphatic hydroxyl groups is 1. The molecular formula is C22H26FN2O2+. The first-order valence-corrected chi connectivity index (χ1v) is 9.74. The van der Waals surface area contributed by atoms with Crippen LogP contribution in [0.5, 0.6) is 5.75 Å². The maximum absolute atomic E-state index is 13.5. The first kappa shape index (κ1) is 18.0. The Hall–Kier alpha value is -2.40. The van der Waals surface area contributed by atoms with Crippen LogP contribution in [0.2, 0.25) is 0 Å². The van der Waals surface area contributed by atoms with Crippen LogP contribution >= 0.6 is 0 Å². The summed E-state index contributed by atoms with van der Waals surface area (Å²) >= 11 is 0. The van der Waals surface area contributed by atoms with Crippen molar-refractivity contribution in [3.05, 3.63) is 59.9 Å². The smallest absolute Gasteiger partial charge is 0.275 e. The highest BCUT2D eigenvalue weighted by molar-refractivity contribution is 5.97. The second-order valence-electron chi connectivity index (χ2n) is 7.23. The molecule has 4 nitrogen and oxygen atoms in total. The third-order valence-electron chi connectivity index (χ3n) is 5.45. The van der Waals surface area contributed by atoms with Crippen LogP contribution < -0.4 is 9.64 Å². The minimum Gasteiger partial charge on any atom is -0.494 e. The number of benzene rings is 2. The van der Waals surface area contributed by atoms with Crippen LogP contribution in [-0.4, -0.2) is 35.2 Å². The third-order valence-corrected chi connectivity index (χ3v) is 5.45. The zero-order chi connectivity index (χ0) is 18.9. The molecule has 0 aromatic heterocycles. The van der Waals surface area contributed by atoms with E-state index in [0.29, 0.717) is 18.7 Å². The van der Waals surface area contributed by atoms with Crippen LogP contribution in [0, 0.1) is 5.82 Å². The molecule has 2 aliphatic heterocycles. The van der Waals surface area contributed by atoms with Gasteiger partial charge >= 0.3 is 0 Å². The fourth-order valence-electron chi connectivity index (χ4n) is 4.18. The Kier molecular flexibility index (Phi) is 4.87. The zero-order valence-electron chi connectivity index (χ0n) is 15.7. The van der Waals surface area contributed by atoms with Gasteiger partial charge in [-0.1, -0.05) is 0 Å². The van der Waals surface area contributed by atoms with Crippen molar-refractivity contribution < 1.29 is 18.8 Å². The van der Waals surface area contributed by atoms with Crippen molar-refractivity contribution in [3.8, 4) is 5.75 Å². The van der Waals surface area contributed by atoms with Gasteiger partial charge in [-0.3, -0.25) is 4.58 Å². The van der Waals surface area contributed by atoms with Gasteiger partial charge in [0.2, 0.25) is 0 Å². The summed E-state index contributed by atoms with van der Waals surface area (Å²) in [6, 6.07) is 14.0. The Balaban J connectivity index is 1.77. The van der Waals surface area contributed by atoms with E-state index in [1.165, 1.54) is 18.6 Å². The van der Waals surface area contributed by atoms with Crippen LogP contribution in [-0.2, 0) is 5.72 Å². The minimum absolute atomic E-state index is 0.296. The average molecular weight is 369 g/mol. The molecule has 2 aliphatic rings. The SMILES string of the molecule is CCOc1ccc(N2C3=[N+](CCCCC3)C[C@@]2(O)c2ccc(F)cc2)cc1.